The van der Waals surface area contributed by atoms with Crippen LogP contribution in [0.2, 0.25) is 13.1 Å². The van der Waals surface area contributed by atoms with Gasteiger partial charge in [0.25, 0.3) is 8.32 Å². The van der Waals surface area contributed by atoms with Gasteiger partial charge in [-0.05, 0) is 19.5 Å². The minimum atomic E-state index is -1.91. The van der Waals surface area contributed by atoms with Crippen LogP contribution in [0.1, 0.15) is 19.8 Å². The number of rotatable bonds is 4. The fourth-order valence-corrected chi connectivity index (χ4v) is 1.22. The molecule has 0 spiro atoms. The van der Waals surface area contributed by atoms with Gasteiger partial charge in [0.2, 0.25) is 0 Å². The molecule has 0 aromatic heterocycles. The Balaban J connectivity index is 3.40. The Morgan fingerprint density at radius 2 is 2.10 bits per heavy atom. The van der Waals surface area contributed by atoms with E-state index in [4.69, 9.17) is 9.69 Å². The standard InChI is InChI=1S/C7H15NOSi/c1-4-5-6-9-10(2,3)7-8/h4-6H2,1-3H3. The lowest BCUT2D eigenvalue weighted by molar-refractivity contribution is 0.307. The van der Waals surface area contributed by atoms with E-state index in [9.17, 15) is 0 Å². The van der Waals surface area contributed by atoms with E-state index >= 15 is 0 Å². The summed E-state index contributed by atoms with van der Waals surface area (Å²) < 4.78 is 5.40. The monoisotopic (exact) mass is 157 g/mol. The van der Waals surface area contributed by atoms with Crippen molar-refractivity contribution < 1.29 is 4.43 Å². The van der Waals surface area contributed by atoms with Gasteiger partial charge in [-0.25, -0.2) is 5.26 Å². The molecule has 0 saturated heterocycles. The molecule has 10 heavy (non-hydrogen) atoms. The smallest absolute Gasteiger partial charge is 0.299 e. The third kappa shape index (κ3) is 4.54. The zero-order valence-electron chi connectivity index (χ0n) is 6.98. The van der Waals surface area contributed by atoms with E-state index in [0.717, 1.165) is 19.4 Å². The molecule has 0 saturated carbocycles. The summed E-state index contributed by atoms with van der Waals surface area (Å²) in [6.07, 6.45) is 2.20. The molecule has 0 amide bonds. The highest BCUT2D eigenvalue weighted by atomic mass is 28.4. The summed E-state index contributed by atoms with van der Waals surface area (Å²) in [5, 5.41) is 8.58. The second-order valence-corrected chi connectivity index (χ2v) is 6.36. The molecule has 0 radical (unpaired) electrons. The fraction of sp³-hybridized carbons (Fsp3) is 0.857. The quantitative estimate of drug-likeness (QED) is 0.462. The van der Waals surface area contributed by atoms with Gasteiger partial charge in [-0.2, -0.15) is 0 Å². The van der Waals surface area contributed by atoms with Crippen molar-refractivity contribution in [3.63, 3.8) is 0 Å². The Bertz CT molecular complexity index is 128. The summed E-state index contributed by atoms with van der Waals surface area (Å²) in [6, 6.07) is 0. The van der Waals surface area contributed by atoms with Gasteiger partial charge in [0.05, 0.1) is 5.69 Å². The van der Waals surface area contributed by atoms with Crippen LogP contribution >= 0.6 is 0 Å². The molecule has 0 aliphatic heterocycles. The minimum absolute atomic E-state index is 0.753. The van der Waals surface area contributed by atoms with Crippen molar-refractivity contribution in [3.05, 3.63) is 0 Å². The molecular weight excluding hydrogens is 142 g/mol. The van der Waals surface area contributed by atoms with Crippen LogP contribution in [0.25, 0.3) is 0 Å². The molecule has 2 nitrogen and oxygen atoms in total. The lowest BCUT2D eigenvalue weighted by atomic mass is 10.4. The zero-order valence-corrected chi connectivity index (χ0v) is 7.98. The first-order valence-electron chi connectivity index (χ1n) is 3.67. The normalized spacial score (nSPS) is 11.0. The van der Waals surface area contributed by atoms with E-state index < -0.39 is 8.32 Å². The van der Waals surface area contributed by atoms with E-state index in [0.29, 0.717) is 0 Å². The molecule has 0 atom stereocenters. The van der Waals surface area contributed by atoms with E-state index in [1.807, 2.05) is 13.1 Å². The van der Waals surface area contributed by atoms with Crippen LogP contribution < -0.4 is 0 Å². The predicted molar refractivity (Wildman–Crippen MR) is 44.0 cm³/mol. The first-order valence-corrected chi connectivity index (χ1v) is 6.58. The SMILES string of the molecule is CCCCO[Si](C)(C)C#N. The lowest BCUT2D eigenvalue weighted by Gasteiger charge is -2.12. The molecule has 0 unspecified atom stereocenters. The second kappa shape index (κ2) is 4.48. The molecular formula is C7H15NOSi. The Hall–Kier alpha value is -0.333. The van der Waals surface area contributed by atoms with Gasteiger partial charge in [0, 0.05) is 6.61 Å². The van der Waals surface area contributed by atoms with Gasteiger partial charge in [-0.3, -0.25) is 0 Å². The van der Waals surface area contributed by atoms with Crippen LogP contribution in [0.5, 0.6) is 0 Å². The zero-order chi connectivity index (χ0) is 8.04. The van der Waals surface area contributed by atoms with Gasteiger partial charge in [0.15, 0.2) is 0 Å². The summed E-state index contributed by atoms with van der Waals surface area (Å²) in [4.78, 5) is 0. The van der Waals surface area contributed by atoms with E-state index in [1.165, 1.54) is 0 Å². The number of hydrogen-bond acceptors (Lipinski definition) is 2. The van der Waals surface area contributed by atoms with Crippen molar-refractivity contribution in [3.8, 4) is 5.69 Å². The highest BCUT2D eigenvalue weighted by molar-refractivity contribution is 6.78. The minimum Gasteiger partial charge on any atom is -0.404 e. The molecule has 58 valence electrons. The highest BCUT2D eigenvalue weighted by Crippen LogP contribution is 2.02. The van der Waals surface area contributed by atoms with Crippen molar-refractivity contribution in [1.29, 1.82) is 5.26 Å². The molecule has 0 N–H and O–H groups in total. The maximum Gasteiger partial charge on any atom is 0.299 e. The van der Waals surface area contributed by atoms with Crippen LogP contribution in [-0.2, 0) is 4.43 Å². The second-order valence-electron chi connectivity index (χ2n) is 2.82. The fourth-order valence-electron chi connectivity index (χ4n) is 0.504. The average molecular weight is 157 g/mol. The third-order valence-corrected chi connectivity index (χ3v) is 2.69. The van der Waals surface area contributed by atoms with Crippen molar-refractivity contribution >= 4 is 8.32 Å². The van der Waals surface area contributed by atoms with Crippen LogP contribution in [0, 0.1) is 11.0 Å². The Kier molecular flexibility index (Phi) is 4.33. The Morgan fingerprint density at radius 3 is 2.50 bits per heavy atom. The number of unbranched alkanes of at least 4 members (excludes halogenated alkanes) is 1. The lowest BCUT2D eigenvalue weighted by Crippen LogP contribution is -2.28. The summed E-state index contributed by atoms with van der Waals surface area (Å²) >= 11 is 0. The van der Waals surface area contributed by atoms with Crippen molar-refractivity contribution in [2.75, 3.05) is 6.61 Å². The number of hydrogen-bond donors (Lipinski definition) is 0. The number of nitriles is 1. The summed E-state index contributed by atoms with van der Waals surface area (Å²) in [5.74, 6) is 0. The molecule has 0 aromatic rings. The first kappa shape index (κ1) is 9.67. The largest absolute Gasteiger partial charge is 0.404 e. The van der Waals surface area contributed by atoms with Crippen LogP contribution in [-0.4, -0.2) is 14.9 Å². The van der Waals surface area contributed by atoms with Crippen molar-refractivity contribution in [2.45, 2.75) is 32.9 Å². The maximum absolute atomic E-state index is 8.58. The van der Waals surface area contributed by atoms with Crippen LogP contribution in [0.4, 0.5) is 0 Å². The van der Waals surface area contributed by atoms with E-state index in [1.54, 1.807) is 0 Å². The van der Waals surface area contributed by atoms with Gasteiger partial charge in [-0.15, -0.1) is 0 Å². The Morgan fingerprint density at radius 1 is 1.50 bits per heavy atom. The predicted octanol–water partition coefficient (Wildman–Crippen LogP) is 2.07. The average Bonchev–Trinajstić information content (AvgIpc) is 1.89. The summed E-state index contributed by atoms with van der Waals surface area (Å²) in [5.41, 5.74) is 2.22. The number of nitrogens with zero attached hydrogens (tertiary/aromatic N) is 1. The first-order chi connectivity index (χ1) is 4.62. The van der Waals surface area contributed by atoms with Crippen LogP contribution in [0.15, 0.2) is 0 Å². The molecule has 0 aliphatic carbocycles. The topological polar surface area (TPSA) is 33.0 Å². The Labute approximate surface area is 63.9 Å². The van der Waals surface area contributed by atoms with Gasteiger partial charge in [0.1, 0.15) is 0 Å². The molecule has 0 aliphatic rings. The van der Waals surface area contributed by atoms with Gasteiger partial charge < -0.3 is 4.43 Å². The van der Waals surface area contributed by atoms with Crippen molar-refractivity contribution in [1.82, 2.24) is 0 Å². The molecule has 3 heteroatoms. The molecule has 0 heterocycles. The highest BCUT2D eigenvalue weighted by Gasteiger charge is 2.21. The van der Waals surface area contributed by atoms with Gasteiger partial charge in [-0.1, -0.05) is 13.3 Å². The summed E-state index contributed by atoms with van der Waals surface area (Å²) in [7, 11) is -1.91. The summed E-state index contributed by atoms with van der Waals surface area (Å²) in [6.45, 7) is 6.71. The maximum atomic E-state index is 8.58. The van der Waals surface area contributed by atoms with E-state index in [2.05, 4.69) is 12.6 Å². The molecule has 0 aromatic carbocycles. The van der Waals surface area contributed by atoms with Crippen LogP contribution in [0.3, 0.4) is 0 Å². The van der Waals surface area contributed by atoms with Crippen molar-refractivity contribution in [2.24, 2.45) is 0 Å². The van der Waals surface area contributed by atoms with E-state index in [-0.39, 0.29) is 0 Å². The molecule has 0 bridgehead atoms. The third-order valence-electron chi connectivity index (χ3n) is 1.23. The van der Waals surface area contributed by atoms with Gasteiger partial charge >= 0.3 is 0 Å². The molecule has 0 rings (SSSR count). The molecule has 0 fully saturated rings.